The number of nitrogens with two attached hydrogens (primary N) is 3. The highest BCUT2D eigenvalue weighted by Crippen LogP contribution is 2.23. The van der Waals surface area contributed by atoms with Crippen molar-refractivity contribution in [1.82, 2.24) is 47.1 Å². The highest BCUT2D eigenvalue weighted by atomic mass is 16.4. The van der Waals surface area contributed by atoms with Gasteiger partial charge in [0.2, 0.25) is 59.1 Å². The van der Waals surface area contributed by atoms with E-state index in [0.29, 0.717) is 12.0 Å². The van der Waals surface area contributed by atoms with E-state index >= 15 is 0 Å². The molecule has 1 aromatic heterocycles. The fourth-order valence-corrected chi connectivity index (χ4v) is 7.75. The third-order valence-electron chi connectivity index (χ3n) is 11.6. The van der Waals surface area contributed by atoms with Gasteiger partial charge in [0.15, 0.2) is 6.04 Å². The number of carbonyl (C=O) groups excluding carboxylic acids is 10. The molecule has 0 radical (unpaired) electrons. The van der Waals surface area contributed by atoms with E-state index in [2.05, 4.69) is 42.2 Å². The third kappa shape index (κ3) is 17.9. The molecule has 0 bridgehead atoms. The Morgan fingerprint density at radius 3 is 1.92 bits per heavy atom. The average Bonchev–Trinajstić information content (AvgIpc) is 3.98. The highest BCUT2D eigenvalue weighted by Gasteiger charge is 2.41. The maximum absolute atomic E-state index is 14.3. The van der Waals surface area contributed by atoms with Crippen LogP contribution in [-0.2, 0) is 59.2 Å². The number of primary amides is 2. The minimum absolute atomic E-state index is 0.00755. The zero-order valence-electron chi connectivity index (χ0n) is 40.5. The summed E-state index contributed by atoms with van der Waals surface area (Å²) in [6.07, 6.45) is -2.21. The van der Waals surface area contributed by atoms with Crippen molar-refractivity contribution in [3.8, 4) is 0 Å². The summed E-state index contributed by atoms with van der Waals surface area (Å²) in [5, 5.41) is 57.5. The minimum atomic E-state index is -1.78. The van der Waals surface area contributed by atoms with Gasteiger partial charge < -0.3 is 84.7 Å². The molecule has 2 aromatic rings. The summed E-state index contributed by atoms with van der Waals surface area (Å²) in [6, 6.07) is -4.71. The molecule has 1 aromatic carbocycles. The molecule has 2 heterocycles. The fourth-order valence-electron chi connectivity index (χ4n) is 7.75. The van der Waals surface area contributed by atoms with Gasteiger partial charge in [-0.15, -0.1) is 0 Å². The SMILES string of the molecule is CC(C)C[C@H](NC(=O)[C@@H](NC(=O)[C@H](CO)NC(=O)CNC(=O)[C@H](CCC(N)=O)NC(=O)[C@@H](N)CCC(N)=O)[C@@H](C)O)C(=O)N1CCC[C@H]1C(=O)N[C@@H](Cc1c[nH]c2ccccc12)C(=O)N[C@H](C(=O)O)[C@@H](C)O. The smallest absolute Gasteiger partial charge is 0.328 e. The minimum Gasteiger partial charge on any atom is -0.480 e. The van der Waals surface area contributed by atoms with E-state index in [9.17, 15) is 73.2 Å². The van der Waals surface area contributed by atoms with Crippen LogP contribution in [0.25, 0.3) is 10.9 Å². The van der Waals surface area contributed by atoms with Crippen LogP contribution >= 0.6 is 0 Å². The second-order valence-corrected chi connectivity index (χ2v) is 18.0. The Kier molecular flexibility index (Phi) is 23.0. The van der Waals surface area contributed by atoms with Crippen LogP contribution in [0.1, 0.15) is 78.2 Å². The van der Waals surface area contributed by atoms with Gasteiger partial charge in [-0.3, -0.25) is 47.9 Å². The molecule has 0 saturated carbocycles. The molecule has 1 saturated heterocycles. The van der Waals surface area contributed by atoms with Crippen LogP contribution in [0.3, 0.4) is 0 Å². The van der Waals surface area contributed by atoms with Crippen molar-refractivity contribution in [3.05, 3.63) is 36.0 Å². The first kappa shape index (κ1) is 59.1. The standard InChI is InChI=1S/C45H68N12O15/c1-21(2)16-30(44(70)57-15-7-10-32(57)42(68)53-29(40(66)56-37(23(4)60)45(71)72)17-24-18-49-27-9-6-5-8-25(24)27)54-43(69)36(22(3)59)55-41(67)31(20-58)51-35(63)19-50-39(65)28(12-14-34(48)62)52-38(64)26(46)11-13-33(47)61/h5-6,8-9,18,21-23,26,28-32,36-37,49,58-60H,7,10-17,19-20,46H2,1-4H3,(H2,47,61)(H2,48,62)(H,50,65)(H,51,63)(H,52,64)(H,53,68)(H,54,69)(H,55,67)(H,56,66)(H,71,72)/t22-,23-,26+,28+,29+,30+,31+,32+,36+,37+/m1/s1. The Labute approximate surface area is 413 Å². The molecule has 1 aliphatic rings. The molecule has 18 N–H and O–H groups in total. The topological polar surface area (TPSA) is 450 Å². The van der Waals surface area contributed by atoms with Crippen LogP contribution in [0.4, 0.5) is 0 Å². The van der Waals surface area contributed by atoms with Crippen LogP contribution < -0.4 is 54.4 Å². The number of aliphatic hydroxyl groups is 3. The molecule has 10 amide bonds. The number of fused-ring (bicyclic) bond motifs is 1. The van der Waals surface area contributed by atoms with Gasteiger partial charge in [-0.2, -0.15) is 0 Å². The van der Waals surface area contributed by atoms with Gasteiger partial charge in [-0.25, -0.2) is 4.79 Å². The Morgan fingerprint density at radius 2 is 1.32 bits per heavy atom. The Bertz CT molecular complexity index is 2290. The predicted molar refractivity (Wildman–Crippen MR) is 254 cm³/mol. The van der Waals surface area contributed by atoms with E-state index in [1.807, 2.05) is 0 Å². The second-order valence-electron chi connectivity index (χ2n) is 18.0. The molecule has 3 rings (SSSR count). The first-order chi connectivity index (χ1) is 33.8. The number of para-hydroxylation sites is 1. The van der Waals surface area contributed by atoms with Crippen LogP contribution in [0.15, 0.2) is 30.5 Å². The Balaban J connectivity index is 1.73. The van der Waals surface area contributed by atoms with Crippen molar-refractivity contribution in [2.45, 2.75) is 140 Å². The lowest BCUT2D eigenvalue weighted by atomic mass is 10.0. The Hall–Kier alpha value is -7.23. The number of hydrogen-bond donors (Lipinski definition) is 15. The number of carboxylic acid groups (broad SMARTS) is 1. The number of nitrogens with one attached hydrogen (secondary N) is 8. The summed E-state index contributed by atoms with van der Waals surface area (Å²) in [5.41, 5.74) is 17.4. The maximum atomic E-state index is 14.3. The van der Waals surface area contributed by atoms with E-state index in [-0.39, 0.29) is 57.4 Å². The maximum Gasteiger partial charge on any atom is 0.328 e. The van der Waals surface area contributed by atoms with Crippen LogP contribution in [0.5, 0.6) is 0 Å². The molecule has 27 heteroatoms. The monoisotopic (exact) mass is 1020 g/mol. The van der Waals surface area contributed by atoms with E-state index in [1.165, 1.54) is 11.8 Å². The van der Waals surface area contributed by atoms with Gasteiger partial charge in [-0.05, 0) is 63.5 Å². The summed E-state index contributed by atoms with van der Waals surface area (Å²) in [7, 11) is 0. The summed E-state index contributed by atoms with van der Waals surface area (Å²) in [5.74, 6) is -10.8. The molecule has 1 fully saturated rings. The predicted octanol–water partition coefficient (Wildman–Crippen LogP) is -5.53. The van der Waals surface area contributed by atoms with Crippen molar-refractivity contribution in [2.24, 2.45) is 23.1 Å². The van der Waals surface area contributed by atoms with Gasteiger partial charge in [-0.1, -0.05) is 32.0 Å². The van der Waals surface area contributed by atoms with Gasteiger partial charge in [0, 0.05) is 42.9 Å². The van der Waals surface area contributed by atoms with E-state index in [4.69, 9.17) is 17.2 Å². The first-order valence-electron chi connectivity index (χ1n) is 23.3. The quantitative estimate of drug-likeness (QED) is 0.0361. The number of aliphatic carboxylic acids is 1. The largest absolute Gasteiger partial charge is 0.480 e. The van der Waals surface area contributed by atoms with Crippen molar-refractivity contribution >= 4 is 75.9 Å². The fraction of sp³-hybridized carbons (Fsp3) is 0.578. The lowest BCUT2D eigenvalue weighted by Crippen LogP contribution is -2.62. The molecule has 10 atom stereocenters. The molecule has 27 nitrogen and oxygen atoms in total. The van der Waals surface area contributed by atoms with Gasteiger partial charge in [0.25, 0.3) is 0 Å². The molecular weight excluding hydrogens is 949 g/mol. The van der Waals surface area contributed by atoms with Crippen molar-refractivity contribution in [1.29, 1.82) is 0 Å². The van der Waals surface area contributed by atoms with E-state index in [1.54, 1.807) is 44.3 Å². The number of benzene rings is 1. The third-order valence-corrected chi connectivity index (χ3v) is 11.6. The number of aliphatic hydroxyl groups excluding tert-OH is 3. The van der Waals surface area contributed by atoms with Crippen molar-refractivity contribution in [3.63, 3.8) is 0 Å². The summed E-state index contributed by atoms with van der Waals surface area (Å²) < 4.78 is 0. The molecule has 398 valence electrons. The average molecular weight is 1020 g/mol. The van der Waals surface area contributed by atoms with Gasteiger partial charge in [0.05, 0.1) is 31.4 Å². The summed E-state index contributed by atoms with van der Waals surface area (Å²) in [4.78, 5) is 146. The van der Waals surface area contributed by atoms with Crippen LogP contribution in [0, 0.1) is 5.92 Å². The zero-order valence-corrected chi connectivity index (χ0v) is 40.5. The molecule has 0 aliphatic carbocycles. The van der Waals surface area contributed by atoms with Crippen molar-refractivity contribution < 1.29 is 73.2 Å². The molecule has 72 heavy (non-hydrogen) atoms. The van der Waals surface area contributed by atoms with E-state index in [0.717, 1.165) is 17.8 Å². The second kappa shape index (κ2) is 28.0. The highest BCUT2D eigenvalue weighted by molar-refractivity contribution is 5.98. The summed E-state index contributed by atoms with van der Waals surface area (Å²) in [6.45, 7) is 3.99. The number of hydrogen-bond acceptors (Lipinski definition) is 15. The van der Waals surface area contributed by atoms with E-state index < -0.39 is 139 Å². The number of nitrogens with zero attached hydrogens (tertiary/aromatic N) is 1. The van der Waals surface area contributed by atoms with Crippen molar-refractivity contribution in [2.75, 3.05) is 19.7 Å². The first-order valence-corrected chi connectivity index (χ1v) is 23.3. The number of carbonyl (C=O) groups is 11. The molecular formula is C45H68N12O15. The van der Waals surface area contributed by atoms with Gasteiger partial charge >= 0.3 is 5.97 Å². The number of amides is 10. The lowest BCUT2D eigenvalue weighted by molar-refractivity contribution is -0.145. The number of aromatic amines is 1. The number of aromatic nitrogens is 1. The number of rotatable bonds is 29. The van der Waals surface area contributed by atoms with Crippen LogP contribution in [-0.4, -0.2) is 176 Å². The number of carboxylic acids is 1. The summed E-state index contributed by atoms with van der Waals surface area (Å²) >= 11 is 0. The molecule has 0 spiro atoms. The lowest BCUT2D eigenvalue weighted by Gasteiger charge is -2.32. The number of likely N-dealkylation sites (tertiary alicyclic amines) is 1. The number of H-pyrrole nitrogens is 1. The van der Waals surface area contributed by atoms with Gasteiger partial charge in [0.1, 0.15) is 36.3 Å². The Morgan fingerprint density at radius 1 is 0.722 bits per heavy atom. The normalized spacial score (nSPS) is 17.1. The molecule has 1 aliphatic heterocycles. The van der Waals surface area contributed by atoms with Crippen LogP contribution in [0.2, 0.25) is 0 Å². The molecule has 0 unspecified atom stereocenters. The zero-order chi connectivity index (χ0) is 54.0.